The Morgan fingerprint density at radius 3 is 2.27 bits per heavy atom. The first-order valence-corrected chi connectivity index (χ1v) is 10.2. The fourth-order valence-corrected chi connectivity index (χ4v) is 3.51. The number of carboxylic acid groups (broad SMARTS) is 1. The van der Waals surface area contributed by atoms with Crippen LogP contribution in [0.3, 0.4) is 0 Å². The van der Waals surface area contributed by atoms with Gasteiger partial charge >= 0.3 is 12.1 Å². The first-order chi connectivity index (χ1) is 15.1. The van der Waals surface area contributed by atoms with Crippen LogP contribution in [0.4, 0.5) is 13.2 Å². The zero-order chi connectivity index (χ0) is 23.3. The number of nitrogens with one attached hydrogen (secondary N) is 1. The molecule has 0 heterocycles. The van der Waals surface area contributed by atoms with E-state index in [1.165, 1.54) is 6.07 Å². The lowest BCUT2D eigenvalue weighted by Gasteiger charge is -2.13. The van der Waals surface area contributed by atoms with Crippen molar-refractivity contribution in [3.05, 3.63) is 94.0 Å². The minimum Gasteiger partial charge on any atom is -0.478 e. The van der Waals surface area contributed by atoms with Gasteiger partial charge in [-0.3, -0.25) is 0 Å². The van der Waals surface area contributed by atoms with E-state index < -0.39 is 29.4 Å². The summed E-state index contributed by atoms with van der Waals surface area (Å²) in [6.45, 7) is 0.955. The maximum atomic E-state index is 13.2. The summed E-state index contributed by atoms with van der Waals surface area (Å²) in [6, 6.07) is 17.2. The minimum absolute atomic E-state index is 0. The van der Waals surface area contributed by atoms with Gasteiger partial charge in [0.2, 0.25) is 0 Å². The summed E-state index contributed by atoms with van der Waals surface area (Å²) in [7, 11) is 0. The molecule has 0 aliphatic heterocycles. The van der Waals surface area contributed by atoms with E-state index in [1.807, 2.05) is 12.1 Å². The van der Waals surface area contributed by atoms with Crippen molar-refractivity contribution in [1.82, 2.24) is 5.32 Å². The van der Waals surface area contributed by atoms with Crippen LogP contribution >= 0.6 is 24.0 Å². The number of carbonyl (C=O) groups is 1. The second kappa shape index (κ2) is 11.5. The number of aliphatic hydroxyl groups is 1. The van der Waals surface area contributed by atoms with Gasteiger partial charge in [-0.2, -0.15) is 13.2 Å². The molecular weight excluding hydrogens is 478 g/mol. The van der Waals surface area contributed by atoms with Crippen LogP contribution in [0.25, 0.3) is 11.1 Å². The number of alkyl halides is 3. The molecule has 0 aliphatic rings. The molecule has 0 aliphatic carbocycles. The molecule has 3 N–H and O–H groups in total. The molecule has 3 rings (SSSR count). The molecule has 0 aromatic heterocycles. The van der Waals surface area contributed by atoms with Crippen LogP contribution in [-0.4, -0.2) is 29.3 Å². The third-order valence-corrected chi connectivity index (χ3v) is 5.24. The number of hydrogen-bond donors (Lipinski definition) is 3. The highest BCUT2D eigenvalue weighted by atomic mass is 35.5. The molecule has 0 saturated heterocycles. The van der Waals surface area contributed by atoms with Crippen LogP contribution in [0, 0.1) is 0 Å². The highest BCUT2D eigenvalue weighted by Crippen LogP contribution is 2.35. The molecule has 4 nitrogen and oxygen atoms in total. The average Bonchev–Trinajstić information content (AvgIpc) is 2.76. The molecule has 0 spiro atoms. The predicted molar refractivity (Wildman–Crippen MR) is 124 cm³/mol. The SMILES string of the molecule is Cl.O=C(O)c1ccc(-c2ccc(CCNC[C@@H](O)c3cccc(Cl)c3)cc2)cc1C(F)(F)F. The fraction of sp³-hybridized carbons (Fsp3) is 0.208. The second-order valence-corrected chi connectivity index (χ2v) is 7.72. The Labute approximate surface area is 200 Å². The van der Waals surface area contributed by atoms with Crippen LogP contribution in [0.1, 0.15) is 33.2 Å². The third kappa shape index (κ3) is 7.20. The Hall–Kier alpha value is -2.58. The van der Waals surface area contributed by atoms with Gasteiger partial charge in [0.25, 0.3) is 0 Å². The van der Waals surface area contributed by atoms with Gasteiger partial charge in [-0.1, -0.05) is 54.1 Å². The first kappa shape index (κ1) is 26.7. The minimum atomic E-state index is -4.76. The van der Waals surface area contributed by atoms with Crippen LogP contribution < -0.4 is 5.32 Å². The molecule has 0 radical (unpaired) electrons. The molecule has 3 aromatic rings. The largest absolute Gasteiger partial charge is 0.478 e. The quantitative estimate of drug-likeness (QED) is 0.332. The number of hydrogen-bond acceptors (Lipinski definition) is 3. The number of aliphatic hydroxyl groups excluding tert-OH is 1. The summed E-state index contributed by atoms with van der Waals surface area (Å²) in [5, 5.41) is 22.9. The van der Waals surface area contributed by atoms with Crippen molar-refractivity contribution in [2.45, 2.75) is 18.7 Å². The van der Waals surface area contributed by atoms with Crippen LogP contribution in [0.2, 0.25) is 5.02 Å². The maximum Gasteiger partial charge on any atom is 0.417 e. The van der Waals surface area contributed by atoms with Crippen LogP contribution in [-0.2, 0) is 12.6 Å². The van der Waals surface area contributed by atoms with Crippen molar-refractivity contribution in [3.8, 4) is 11.1 Å². The van der Waals surface area contributed by atoms with Crippen molar-refractivity contribution >= 4 is 30.0 Å². The first-order valence-electron chi connectivity index (χ1n) is 9.83. The molecule has 176 valence electrons. The number of benzene rings is 3. The van der Waals surface area contributed by atoms with E-state index in [0.717, 1.165) is 23.3 Å². The Morgan fingerprint density at radius 1 is 1.00 bits per heavy atom. The Morgan fingerprint density at radius 2 is 1.67 bits per heavy atom. The molecule has 33 heavy (non-hydrogen) atoms. The van der Waals surface area contributed by atoms with E-state index in [-0.39, 0.29) is 18.0 Å². The molecule has 1 atom stereocenters. The van der Waals surface area contributed by atoms with Crippen LogP contribution in [0.15, 0.2) is 66.7 Å². The van der Waals surface area contributed by atoms with Gasteiger partial charge < -0.3 is 15.5 Å². The van der Waals surface area contributed by atoms with Gasteiger partial charge in [0.1, 0.15) is 0 Å². The highest BCUT2D eigenvalue weighted by molar-refractivity contribution is 6.30. The molecule has 0 fully saturated rings. The highest BCUT2D eigenvalue weighted by Gasteiger charge is 2.35. The Balaban J connectivity index is 0.00000385. The van der Waals surface area contributed by atoms with Gasteiger partial charge in [0.05, 0.1) is 17.2 Å². The van der Waals surface area contributed by atoms with E-state index in [4.69, 9.17) is 16.7 Å². The van der Waals surface area contributed by atoms with Crippen molar-refractivity contribution in [2.24, 2.45) is 0 Å². The third-order valence-electron chi connectivity index (χ3n) is 5.00. The summed E-state index contributed by atoms with van der Waals surface area (Å²) >= 11 is 5.93. The van der Waals surface area contributed by atoms with Gasteiger partial charge in [-0.15, -0.1) is 12.4 Å². The predicted octanol–water partition coefficient (Wildman–Crippen LogP) is 6.01. The summed E-state index contributed by atoms with van der Waals surface area (Å²) in [6.07, 6.45) is -4.79. The monoisotopic (exact) mass is 499 g/mol. The Bertz CT molecular complexity index is 1090. The molecule has 0 bridgehead atoms. The normalized spacial score (nSPS) is 12.2. The Kier molecular flexibility index (Phi) is 9.31. The number of halogens is 5. The average molecular weight is 500 g/mol. The molecule has 0 saturated carbocycles. The van der Waals surface area contributed by atoms with Crippen molar-refractivity contribution in [2.75, 3.05) is 13.1 Å². The van der Waals surface area contributed by atoms with E-state index >= 15 is 0 Å². The van der Waals surface area contributed by atoms with Crippen molar-refractivity contribution in [3.63, 3.8) is 0 Å². The summed E-state index contributed by atoms with van der Waals surface area (Å²) in [4.78, 5) is 11.1. The lowest BCUT2D eigenvalue weighted by Crippen LogP contribution is -2.23. The van der Waals surface area contributed by atoms with Gasteiger partial charge in [-0.05, 0) is 59.5 Å². The molecular formula is C24H22Cl2F3NO3. The van der Waals surface area contributed by atoms with E-state index in [1.54, 1.807) is 36.4 Å². The second-order valence-electron chi connectivity index (χ2n) is 7.29. The topological polar surface area (TPSA) is 69.6 Å². The molecule has 3 aromatic carbocycles. The molecule has 9 heteroatoms. The number of aromatic carboxylic acids is 1. The molecule has 0 amide bonds. The lowest BCUT2D eigenvalue weighted by molar-refractivity contribution is -0.138. The smallest absolute Gasteiger partial charge is 0.417 e. The van der Waals surface area contributed by atoms with Crippen LogP contribution in [0.5, 0.6) is 0 Å². The summed E-state index contributed by atoms with van der Waals surface area (Å²) < 4.78 is 39.7. The van der Waals surface area contributed by atoms with E-state index in [0.29, 0.717) is 30.1 Å². The van der Waals surface area contributed by atoms with Gasteiger partial charge in [0, 0.05) is 11.6 Å². The van der Waals surface area contributed by atoms with Crippen molar-refractivity contribution in [1.29, 1.82) is 0 Å². The van der Waals surface area contributed by atoms with Gasteiger partial charge in [-0.25, -0.2) is 4.79 Å². The summed E-state index contributed by atoms with van der Waals surface area (Å²) in [5.41, 5.74) is 0.591. The van der Waals surface area contributed by atoms with E-state index in [2.05, 4.69) is 5.32 Å². The number of carboxylic acids is 1. The lowest BCUT2D eigenvalue weighted by atomic mass is 9.97. The number of rotatable bonds is 8. The zero-order valence-corrected chi connectivity index (χ0v) is 18.8. The van der Waals surface area contributed by atoms with Gasteiger partial charge in [0.15, 0.2) is 0 Å². The van der Waals surface area contributed by atoms with Crippen molar-refractivity contribution < 1.29 is 28.2 Å². The maximum absolute atomic E-state index is 13.2. The fourth-order valence-electron chi connectivity index (χ4n) is 3.31. The standard InChI is InChI=1S/C24H21ClF3NO3.ClH/c25-19-3-1-2-18(12-19)22(30)14-29-11-10-15-4-6-16(7-5-15)17-8-9-20(23(31)32)21(13-17)24(26,27)28;/h1-9,12-13,22,29-30H,10-11,14H2,(H,31,32);1H/t22-;/m1./s1. The zero-order valence-electron chi connectivity index (χ0n) is 17.3. The summed E-state index contributed by atoms with van der Waals surface area (Å²) in [5.74, 6) is -1.62. The molecule has 0 unspecified atom stereocenters. The van der Waals surface area contributed by atoms with E-state index in [9.17, 15) is 23.1 Å².